The van der Waals surface area contributed by atoms with Crippen LogP contribution in [-0.4, -0.2) is 51.5 Å². The molecule has 0 spiro atoms. The highest BCUT2D eigenvalue weighted by atomic mass is 19.1. The van der Waals surface area contributed by atoms with Crippen LogP contribution in [0.3, 0.4) is 0 Å². The molecule has 2 atom stereocenters. The Morgan fingerprint density at radius 3 is 2.76 bits per heavy atom. The van der Waals surface area contributed by atoms with Gasteiger partial charge in [-0.25, -0.2) is 9.37 Å². The molecule has 3 aromatic heterocycles. The van der Waals surface area contributed by atoms with Crippen molar-refractivity contribution < 1.29 is 13.9 Å². The second-order valence-corrected chi connectivity index (χ2v) is 7.94. The van der Waals surface area contributed by atoms with Crippen molar-refractivity contribution in [3.8, 4) is 0 Å². The van der Waals surface area contributed by atoms with E-state index in [-0.39, 0.29) is 29.3 Å². The SMILES string of the molecule is CCCC[C@@H](Nc1nc(Nc2cncc3c2cnn3CCOC)c(C(N)=O)cc1F)[C@H](C)N. The Kier molecular flexibility index (Phi) is 8.12. The molecule has 0 aliphatic heterocycles. The van der Waals surface area contributed by atoms with Gasteiger partial charge in [-0.05, 0) is 19.4 Å². The number of nitrogens with two attached hydrogens (primary N) is 2. The fraction of sp³-hybridized carbons (Fsp3) is 0.455. The fourth-order valence-electron chi connectivity index (χ4n) is 3.51. The van der Waals surface area contributed by atoms with E-state index in [0.717, 1.165) is 36.2 Å². The summed E-state index contributed by atoms with van der Waals surface area (Å²) in [5.74, 6) is -1.37. The molecule has 0 saturated carbocycles. The summed E-state index contributed by atoms with van der Waals surface area (Å²) in [6, 6.07) is 0.678. The summed E-state index contributed by atoms with van der Waals surface area (Å²) in [7, 11) is 1.62. The normalized spacial score (nSPS) is 13.1. The Morgan fingerprint density at radius 2 is 2.09 bits per heavy atom. The first-order chi connectivity index (χ1) is 15.8. The summed E-state index contributed by atoms with van der Waals surface area (Å²) in [5.41, 5.74) is 12.8. The molecular weight excluding hydrogens is 427 g/mol. The van der Waals surface area contributed by atoms with Gasteiger partial charge in [0.25, 0.3) is 5.91 Å². The maximum atomic E-state index is 14.8. The van der Waals surface area contributed by atoms with Crippen molar-refractivity contribution in [3.05, 3.63) is 36.0 Å². The smallest absolute Gasteiger partial charge is 0.252 e. The van der Waals surface area contributed by atoms with Crippen molar-refractivity contribution in [3.63, 3.8) is 0 Å². The summed E-state index contributed by atoms with van der Waals surface area (Å²) in [6.07, 6.45) is 7.64. The minimum atomic E-state index is -0.805. The molecule has 0 unspecified atom stereocenters. The molecule has 6 N–H and O–H groups in total. The molecule has 178 valence electrons. The van der Waals surface area contributed by atoms with Gasteiger partial charge in [-0.1, -0.05) is 19.8 Å². The van der Waals surface area contributed by atoms with Crippen LogP contribution in [0, 0.1) is 5.82 Å². The van der Waals surface area contributed by atoms with Crippen LogP contribution in [-0.2, 0) is 11.3 Å². The van der Waals surface area contributed by atoms with Gasteiger partial charge in [-0.15, -0.1) is 0 Å². The summed E-state index contributed by atoms with van der Waals surface area (Å²) >= 11 is 0. The highest BCUT2D eigenvalue weighted by Crippen LogP contribution is 2.28. The Balaban J connectivity index is 1.97. The molecule has 11 heteroatoms. The van der Waals surface area contributed by atoms with Gasteiger partial charge in [-0.3, -0.25) is 14.5 Å². The Labute approximate surface area is 191 Å². The number of amides is 1. The Bertz CT molecular complexity index is 1100. The number of nitrogens with zero attached hydrogens (tertiary/aromatic N) is 4. The van der Waals surface area contributed by atoms with E-state index in [2.05, 4.69) is 32.6 Å². The van der Waals surface area contributed by atoms with Crippen molar-refractivity contribution in [2.45, 2.75) is 51.7 Å². The van der Waals surface area contributed by atoms with Gasteiger partial charge in [0.05, 0.1) is 48.5 Å². The number of carbonyl (C=O) groups is 1. The number of unbranched alkanes of at least 4 members (excludes halogenated alkanes) is 1. The third-order valence-electron chi connectivity index (χ3n) is 5.40. The maximum absolute atomic E-state index is 14.8. The monoisotopic (exact) mass is 458 g/mol. The lowest BCUT2D eigenvalue weighted by atomic mass is 10.0. The average Bonchev–Trinajstić information content (AvgIpc) is 3.20. The lowest BCUT2D eigenvalue weighted by Crippen LogP contribution is -2.38. The third kappa shape index (κ3) is 5.74. The average molecular weight is 459 g/mol. The number of ether oxygens (including phenoxy) is 1. The highest BCUT2D eigenvalue weighted by Gasteiger charge is 2.21. The summed E-state index contributed by atoms with van der Waals surface area (Å²) in [6.45, 7) is 4.98. The molecule has 0 aliphatic carbocycles. The highest BCUT2D eigenvalue weighted by molar-refractivity contribution is 6.00. The van der Waals surface area contributed by atoms with Crippen molar-refractivity contribution >= 4 is 34.1 Å². The first kappa shape index (κ1) is 24.3. The van der Waals surface area contributed by atoms with Crippen LogP contribution in [0.5, 0.6) is 0 Å². The quantitative estimate of drug-likeness (QED) is 0.324. The lowest BCUT2D eigenvalue weighted by molar-refractivity contribution is 0.100. The number of methoxy groups -OCH3 is 1. The van der Waals surface area contributed by atoms with Crippen LogP contribution < -0.4 is 22.1 Å². The predicted octanol–water partition coefficient (Wildman–Crippen LogP) is 2.77. The van der Waals surface area contributed by atoms with E-state index >= 15 is 0 Å². The molecule has 0 aliphatic rings. The Hall–Kier alpha value is -3.31. The van der Waals surface area contributed by atoms with E-state index in [9.17, 15) is 9.18 Å². The number of anilines is 3. The molecule has 0 bridgehead atoms. The standard InChI is InChI=1S/C22H31FN8O2/c1-4-5-6-17(13(2)24)28-22-16(23)9-14(20(25)32)21(30-22)29-18-11-26-12-19-15(18)10-27-31(19)7-8-33-3/h9-13,17H,4-8,24H2,1-3H3,(H2,25,32)(H2,28,29,30)/t13-,17+/m0/s1. The molecule has 1 amide bonds. The van der Waals surface area contributed by atoms with E-state index in [1.54, 1.807) is 30.4 Å². The molecule has 3 heterocycles. The van der Waals surface area contributed by atoms with Gasteiger partial charge in [-0.2, -0.15) is 5.10 Å². The number of primary amides is 1. The molecule has 0 saturated heterocycles. The number of aromatic nitrogens is 4. The number of hydrogen-bond acceptors (Lipinski definition) is 8. The van der Waals surface area contributed by atoms with Crippen LogP contribution in [0.2, 0.25) is 0 Å². The van der Waals surface area contributed by atoms with Gasteiger partial charge in [0, 0.05) is 24.6 Å². The molecular formula is C22H31FN8O2. The van der Waals surface area contributed by atoms with Crippen LogP contribution in [0.25, 0.3) is 10.9 Å². The van der Waals surface area contributed by atoms with Gasteiger partial charge in [0.2, 0.25) is 0 Å². The van der Waals surface area contributed by atoms with Crippen molar-refractivity contribution in [1.82, 2.24) is 19.7 Å². The molecule has 10 nitrogen and oxygen atoms in total. The fourth-order valence-corrected chi connectivity index (χ4v) is 3.51. The van der Waals surface area contributed by atoms with E-state index in [4.69, 9.17) is 16.2 Å². The minimum absolute atomic E-state index is 0.00294. The second-order valence-electron chi connectivity index (χ2n) is 7.94. The number of nitrogens with one attached hydrogen (secondary N) is 2. The molecule has 3 rings (SSSR count). The summed E-state index contributed by atoms with van der Waals surface area (Å²) in [5, 5.41) is 11.3. The number of hydrogen-bond donors (Lipinski definition) is 4. The molecule has 3 aromatic rings. The molecule has 0 fully saturated rings. The number of fused-ring (bicyclic) bond motifs is 1. The van der Waals surface area contributed by atoms with Gasteiger partial charge < -0.3 is 26.8 Å². The zero-order chi connectivity index (χ0) is 24.0. The molecule has 33 heavy (non-hydrogen) atoms. The number of rotatable bonds is 12. The first-order valence-corrected chi connectivity index (χ1v) is 10.9. The summed E-state index contributed by atoms with van der Waals surface area (Å²) < 4.78 is 21.7. The third-order valence-corrected chi connectivity index (χ3v) is 5.40. The first-order valence-electron chi connectivity index (χ1n) is 10.9. The van der Waals surface area contributed by atoms with Crippen molar-refractivity contribution in [2.24, 2.45) is 11.5 Å². The van der Waals surface area contributed by atoms with Gasteiger partial charge >= 0.3 is 0 Å². The molecule has 0 radical (unpaired) electrons. The van der Waals surface area contributed by atoms with Crippen LogP contribution in [0.1, 0.15) is 43.5 Å². The zero-order valence-corrected chi connectivity index (χ0v) is 19.1. The zero-order valence-electron chi connectivity index (χ0n) is 19.1. The topological polar surface area (TPSA) is 146 Å². The largest absolute Gasteiger partial charge is 0.383 e. The van der Waals surface area contributed by atoms with Gasteiger partial charge in [0.1, 0.15) is 5.82 Å². The number of carbonyl (C=O) groups excluding carboxylic acids is 1. The van der Waals surface area contributed by atoms with Crippen LogP contribution in [0.4, 0.5) is 21.7 Å². The van der Waals surface area contributed by atoms with Crippen molar-refractivity contribution in [1.29, 1.82) is 0 Å². The van der Waals surface area contributed by atoms with Crippen LogP contribution in [0.15, 0.2) is 24.7 Å². The number of pyridine rings is 2. The predicted molar refractivity (Wildman–Crippen MR) is 126 cm³/mol. The van der Waals surface area contributed by atoms with E-state index in [1.807, 2.05) is 6.92 Å². The van der Waals surface area contributed by atoms with E-state index in [0.29, 0.717) is 18.8 Å². The number of halogens is 1. The molecule has 0 aromatic carbocycles. The Morgan fingerprint density at radius 1 is 1.30 bits per heavy atom. The maximum Gasteiger partial charge on any atom is 0.252 e. The van der Waals surface area contributed by atoms with Crippen LogP contribution >= 0.6 is 0 Å². The van der Waals surface area contributed by atoms with Gasteiger partial charge in [0.15, 0.2) is 11.6 Å². The van der Waals surface area contributed by atoms with E-state index < -0.39 is 11.7 Å². The summed E-state index contributed by atoms with van der Waals surface area (Å²) in [4.78, 5) is 20.6. The minimum Gasteiger partial charge on any atom is -0.383 e. The van der Waals surface area contributed by atoms with E-state index in [1.165, 1.54) is 0 Å². The lowest BCUT2D eigenvalue weighted by Gasteiger charge is -2.23. The second kappa shape index (κ2) is 11.0. The van der Waals surface area contributed by atoms with Crippen molar-refractivity contribution in [2.75, 3.05) is 24.4 Å².